The lowest BCUT2D eigenvalue weighted by Crippen LogP contribution is -2.68. The summed E-state index contributed by atoms with van der Waals surface area (Å²) in [6, 6.07) is 7.69. The van der Waals surface area contributed by atoms with Crippen LogP contribution in [0.3, 0.4) is 0 Å². The molecule has 0 heterocycles. The summed E-state index contributed by atoms with van der Waals surface area (Å²) in [5.74, 6) is -10.3. The topological polar surface area (TPSA) is 178 Å². The van der Waals surface area contributed by atoms with Crippen LogP contribution in [0.2, 0.25) is 0 Å². The van der Waals surface area contributed by atoms with Crippen LogP contribution in [0.4, 0.5) is 0 Å². The Morgan fingerprint density at radius 3 is 2.43 bits per heavy atom. The molecule has 0 bridgehead atoms. The van der Waals surface area contributed by atoms with E-state index in [1.807, 2.05) is 0 Å². The number of Topliss-reactive ketones (excluding diaryl/α,β-unsaturated/α-hetero) is 4. The summed E-state index contributed by atoms with van der Waals surface area (Å²) in [4.78, 5) is 76.3. The number of phenols is 1. The van der Waals surface area contributed by atoms with Gasteiger partial charge in [-0.25, -0.2) is 0 Å². The number of carbonyl (C=O) groups excluding carboxylic acids is 6. The fraction of sp³-hybridized carbons (Fsp3) is 0.333. The number of amides is 1. The Morgan fingerprint density at radius 1 is 1.08 bits per heavy atom. The van der Waals surface area contributed by atoms with Crippen LogP contribution in [0.25, 0.3) is 11.1 Å². The van der Waals surface area contributed by atoms with Crippen LogP contribution >= 0.6 is 0 Å². The minimum Gasteiger partial charge on any atom is -0.507 e. The fourth-order valence-corrected chi connectivity index (χ4v) is 6.23. The zero-order chi connectivity index (χ0) is 26.8. The molecule has 0 aliphatic heterocycles. The standard InChI is InChI=1S/C27H23NO9/c1-37-14-2-3-15(12(7-14)10-29)16-4-5-18(30)21-17(16)8-11-6-13-9-19(31)22(26(28)35)25(34)27(13,36)24(33)20(11)23(21)32/h2-5,7,10-11,13,20,22,30,36H,6,8-9H2,1H3,(H2,28,35)/t11-,13+,20?,22?,27+/m1/s1. The van der Waals surface area contributed by atoms with Gasteiger partial charge in [0.2, 0.25) is 5.91 Å². The molecule has 2 unspecified atom stereocenters. The van der Waals surface area contributed by atoms with E-state index in [9.17, 15) is 39.0 Å². The number of primary amides is 1. The Labute approximate surface area is 210 Å². The molecule has 3 aliphatic rings. The maximum Gasteiger partial charge on any atom is 0.235 e. The third-order valence-electron chi connectivity index (χ3n) is 7.96. The van der Waals surface area contributed by atoms with Gasteiger partial charge in [-0.05, 0) is 59.7 Å². The van der Waals surface area contributed by atoms with Crippen molar-refractivity contribution in [1.82, 2.24) is 0 Å². The van der Waals surface area contributed by atoms with Gasteiger partial charge in [-0.3, -0.25) is 28.8 Å². The first-order valence-electron chi connectivity index (χ1n) is 11.7. The first-order chi connectivity index (χ1) is 17.5. The molecule has 0 saturated heterocycles. The molecule has 190 valence electrons. The third kappa shape index (κ3) is 3.36. The molecule has 0 radical (unpaired) electrons. The van der Waals surface area contributed by atoms with E-state index in [0.29, 0.717) is 28.7 Å². The summed E-state index contributed by atoms with van der Waals surface area (Å²) in [6.45, 7) is 0. The van der Waals surface area contributed by atoms with E-state index in [4.69, 9.17) is 10.5 Å². The summed E-state index contributed by atoms with van der Waals surface area (Å²) in [6.07, 6.45) is 0.328. The van der Waals surface area contributed by atoms with Crippen molar-refractivity contribution in [3.05, 3.63) is 47.0 Å². The number of carbonyl (C=O) groups is 6. The van der Waals surface area contributed by atoms with Gasteiger partial charge in [0.25, 0.3) is 0 Å². The second-order valence-corrected chi connectivity index (χ2v) is 9.80. The van der Waals surface area contributed by atoms with Crippen LogP contribution in [0.15, 0.2) is 30.3 Å². The van der Waals surface area contributed by atoms with E-state index in [1.165, 1.54) is 19.2 Å². The molecular weight excluding hydrogens is 482 g/mol. The number of aliphatic hydroxyl groups is 1. The summed E-state index contributed by atoms with van der Waals surface area (Å²) < 4.78 is 5.18. The Kier molecular flexibility index (Phi) is 5.60. The Morgan fingerprint density at radius 2 is 1.78 bits per heavy atom. The number of aldehydes is 1. The van der Waals surface area contributed by atoms with Gasteiger partial charge >= 0.3 is 0 Å². The summed E-state index contributed by atoms with van der Waals surface area (Å²) in [7, 11) is 1.46. The zero-order valence-electron chi connectivity index (χ0n) is 19.7. The quantitative estimate of drug-likeness (QED) is 0.401. The number of hydrogen-bond donors (Lipinski definition) is 3. The lowest BCUT2D eigenvalue weighted by atomic mass is 9.53. The normalized spacial score (nSPS) is 28.7. The van der Waals surface area contributed by atoms with Crippen LogP contribution in [0, 0.1) is 23.7 Å². The molecular formula is C27H23NO9. The number of benzene rings is 2. The van der Waals surface area contributed by atoms with E-state index in [0.717, 1.165) is 0 Å². The number of ketones is 4. The third-order valence-corrected chi connectivity index (χ3v) is 7.96. The highest BCUT2D eigenvalue weighted by molar-refractivity contribution is 6.31. The average Bonchev–Trinajstić information content (AvgIpc) is 2.85. The second-order valence-electron chi connectivity index (χ2n) is 9.80. The molecule has 3 aliphatic carbocycles. The number of hydrogen-bond acceptors (Lipinski definition) is 9. The lowest BCUT2D eigenvalue weighted by molar-refractivity contribution is -0.175. The average molecular weight is 505 g/mol. The maximum atomic E-state index is 13.7. The minimum absolute atomic E-state index is 0.0146. The minimum atomic E-state index is -2.70. The number of phenolic OH excluding ortho intramolecular Hbond substituents is 1. The molecule has 0 spiro atoms. The highest BCUT2D eigenvalue weighted by Crippen LogP contribution is 2.51. The van der Waals surface area contributed by atoms with E-state index in [1.54, 1.807) is 18.2 Å². The first kappa shape index (κ1) is 24.5. The van der Waals surface area contributed by atoms with E-state index < -0.39 is 64.7 Å². The molecule has 5 atom stereocenters. The molecule has 37 heavy (non-hydrogen) atoms. The zero-order valence-corrected chi connectivity index (χ0v) is 19.7. The SMILES string of the molecule is COc1ccc(-c2ccc(O)c3c2C[C@H]2C[C@H]4CC(=O)C(C(N)=O)C(=O)[C@@]4(O)C(=O)C2C3=O)c(C=O)c1. The Balaban J connectivity index is 1.63. The number of methoxy groups -OCH3 is 1. The second kappa shape index (κ2) is 8.45. The Bertz CT molecular complexity index is 1430. The number of fused-ring (bicyclic) bond motifs is 3. The largest absolute Gasteiger partial charge is 0.507 e. The summed E-state index contributed by atoms with van der Waals surface area (Å²) >= 11 is 0. The van der Waals surface area contributed by atoms with Crippen molar-refractivity contribution in [2.45, 2.75) is 24.9 Å². The van der Waals surface area contributed by atoms with E-state index in [-0.39, 0.29) is 29.7 Å². The highest BCUT2D eigenvalue weighted by Gasteiger charge is 2.66. The number of nitrogens with two attached hydrogens (primary N) is 1. The van der Waals surface area contributed by atoms with Gasteiger partial charge in [0.05, 0.1) is 18.6 Å². The van der Waals surface area contributed by atoms with Gasteiger partial charge in [0.15, 0.2) is 40.9 Å². The molecule has 2 saturated carbocycles. The van der Waals surface area contributed by atoms with Crippen molar-refractivity contribution in [3.63, 3.8) is 0 Å². The lowest BCUT2D eigenvalue weighted by Gasteiger charge is -2.48. The van der Waals surface area contributed by atoms with Gasteiger partial charge < -0.3 is 20.7 Å². The number of ether oxygens (including phenoxy) is 1. The van der Waals surface area contributed by atoms with Gasteiger partial charge in [0.1, 0.15) is 11.5 Å². The first-order valence-corrected chi connectivity index (χ1v) is 11.7. The van der Waals surface area contributed by atoms with Crippen LogP contribution in [-0.4, -0.2) is 58.3 Å². The van der Waals surface area contributed by atoms with Crippen molar-refractivity contribution < 1.29 is 43.7 Å². The van der Waals surface area contributed by atoms with Gasteiger partial charge in [-0.1, -0.05) is 6.07 Å². The van der Waals surface area contributed by atoms with Gasteiger partial charge in [0, 0.05) is 17.9 Å². The smallest absolute Gasteiger partial charge is 0.235 e. The fourth-order valence-electron chi connectivity index (χ4n) is 6.23. The summed E-state index contributed by atoms with van der Waals surface area (Å²) in [5, 5.41) is 21.9. The van der Waals surface area contributed by atoms with Gasteiger partial charge in [-0.2, -0.15) is 0 Å². The Hall–Kier alpha value is -4.18. The van der Waals surface area contributed by atoms with Crippen molar-refractivity contribution in [1.29, 1.82) is 0 Å². The number of aromatic hydroxyl groups is 1. The van der Waals surface area contributed by atoms with Crippen LogP contribution in [0.1, 0.15) is 39.1 Å². The molecule has 2 fully saturated rings. The molecule has 2 aromatic rings. The molecule has 10 heteroatoms. The molecule has 1 amide bonds. The van der Waals surface area contributed by atoms with Crippen LogP contribution in [0.5, 0.6) is 11.5 Å². The monoisotopic (exact) mass is 505 g/mol. The molecule has 2 aromatic carbocycles. The molecule has 0 aromatic heterocycles. The van der Waals surface area contributed by atoms with E-state index in [2.05, 4.69) is 0 Å². The van der Waals surface area contributed by atoms with Crippen LogP contribution < -0.4 is 10.5 Å². The highest BCUT2D eigenvalue weighted by atomic mass is 16.5. The summed E-state index contributed by atoms with van der Waals surface area (Å²) in [5.41, 5.74) is 4.06. The predicted octanol–water partition coefficient (Wildman–Crippen LogP) is 0.815. The van der Waals surface area contributed by atoms with Crippen molar-refractivity contribution in [2.24, 2.45) is 29.4 Å². The van der Waals surface area contributed by atoms with Crippen molar-refractivity contribution in [2.75, 3.05) is 7.11 Å². The number of rotatable bonds is 4. The van der Waals surface area contributed by atoms with E-state index >= 15 is 0 Å². The molecule has 4 N–H and O–H groups in total. The van der Waals surface area contributed by atoms with Crippen molar-refractivity contribution in [3.8, 4) is 22.6 Å². The maximum absolute atomic E-state index is 13.7. The van der Waals surface area contributed by atoms with Crippen LogP contribution in [-0.2, 0) is 25.6 Å². The predicted molar refractivity (Wildman–Crippen MR) is 126 cm³/mol. The molecule has 5 rings (SSSR count). The van der Waals surface area contributed by atoms with Gasteiger partial charge in [-0.15, -0.1) is 0 Å². The van der Waals surface area contributed by atoms with Crippen molar-refractivity contribution >= 4 is 35.3 Å². The molecule has 10 nitrogen and oxygen atoms in total.